The van der Waals surface area contributed by atoms with Crippen molar-refractivity contribution < 1.29 is 22.9 Å². The smallest absolute Gasteiger partial charge is 0.377 e. The van der Waals surface area contributed by atoms with Crippen molar-refractivity contribution in [2.75, 3.05) is 21.3 Å². The Morgan fingerprint density at radius 1 is 1.31 bits per heavy atom. The monoisotopic (exact) mass is 249 g/mol. The molecule has 0 saturated heterocycles. The molecule has 0 saturated carbocycles. The highest BCUT2D eigenvalue weighted by molar-refractivity contribution is 6.60. The largest absolute Gasteiger partial charge is 0.500 e. The molecule has 0 bridgehead atoms. The Bertz CT molecular complexity index is 256. The molecule has 0 atom stereocenters. The maximum atomic E-state index is 11.0. The van der Waals surface area contributed by atoms with E-state index in [0.717, 1.165) is 0 Å². The van der Waals surface area contributed by atoms with Gasteiger partial charge >= 0.3 is 14.8 Å². The second-order valence-electron chi connectivity index (χ2n) is 2.78. The van der Waals surface area contributed by atoms with Crippen LogP contribution >= 0.6 is 0 Å². The molecular weight excluding hydrogens is 234 g/mol. The van der Waals surface area contributed by atoms with Gasteiger partial charge in [-0.2, -0.15) is 0 Å². The second kappa shape index (κ2) is 8.08. The standard InChI is InChI=1S/C7H15N3O5Si/c1-12-16(13-2,14-3)6-4-5-7(11)15-10-9-8/h4-6H2,1-3H3. The van der Waals surface area contributed by atoms with Crippen LogP contribution in [-0.4, -0.2) is 36.1 Å². The molecule has 0 aromatic rings. The summed E-state index contributed by atoms with van der Waals surface area (Å²) in [6.07, 6.45) is 0.589. The van der Waals surface area contributed by atoms with Gasteiger partial charge in [-0.3, -0.25) is 4.79 Å². The SMILES string of the molecule is CO[Si](CCCC(=O)ON=[N+]=[N-])(OC)OC. The summed E-state index contributed by atoms with van der Waals surface area (Å²) in [7, 11) is 1.87. The molecule has 0 heterocycles. The highest BCUT2D eigenvalue weighted by Gasteiger charge is 2.37. The normalized spacial score (nSPS) is 10.7. The number of hydrogen-bond donors (Lipinski definition) is 0. The Morgan fingerprint density at radius 3 is 2.31 bits per heavy atom. The number of carbonyl (C=O) groups excluding carboxylic acids is 1. The molecule has 16 heavy (non-hydrogen) atoms. The van der Waals surface area contributed by atoms with Crippen LogP contribution in [0.25, 0.3) is 10.4 Å². The Morgan fingerprint density at radius 2 is 1.88 bits per heavy atom. The third-order valence-corrected chi connectivity index (χ3v) is 4.81. The van der Waals surface area contributed by atoms with Crippen molar-refractivity contribution in [1.29, 1.82) is 0 Å². The quantitative estimate of drug-likeness (QED) is 0.213. The number of carbonyl (C=O) groups is 1. The summed E-state index contributed by atoms with van der Waals surface area (Å²) in [5.74, 6) is -0.594. The van der Waals surface area contributed by atoms with Gasteiger partial charge in [0.15, 0.2) is 0 Å². The Labute approximate surface area is 94.4 Å². The van der Waals surface area contributed by atoms with Gasteiger partial charge in [0, 0.05) is 38.7 Å². The van der Waals surface area contributed by atoms with Gasteiger partial charge in [0.05, 0.1) is 0 Å². The van der Waals surface area contributed by atoms with Crippen molar-refractivity contribution in [3.05, 3.63) is 10.4 Å². The zero-order chi connectivity index (χ0) is 12.4. The summed E-state index contributed by atoms with van der Waals surface area (Å²) in [4.78, 5) is 17.4. The van der Waals surface area contributed by atoms with Crippen LogP contribution < -0.4 is 0 Å². The van der Waals surface area contributed by atoms with E-state index in [9.17, 15) is 4.79 Å². The van der Waals surface area contributed by atoms with Crippen LogP contribution in [0.2, 0.25) is 6.04 Å². The van der Waals surface area contributed by atoms with Crippen LogP contribution in [0.5, 0.6) is 0 Å². The van der Waals surface area contributed by atoms with Gasteiger partial charge in [-0.05, 0) is 12.0 Å². The Balaban J connectivity index is 3.94. The molecule has 0 spiro atoms. The topological polar surface area (TPSA) is 103 Å². The zero-order valence-corrected chi connectivity index (χ0v) is 10.5. The molecule has 0 aromatic carbocycles. The molecule has 0 aliphatic carbocycles. The van der Waals surface area contributed by atoms with E-state index in [-0.39, 0.29) is 6.42 Å². The molecule has 0 fully saturated rings. The molecule has 9 heteroatoms. The van der Waals surface area contributed by atoms with Gasteiger partial charge < -0.3 is 18.1 Å². The van der Waals surface area contributed by atoms with Crippen molar-refractivity contribution in [1.82, 2.24) is 0 Å². The van der Waals surface area contributed by atoms with E-state index < -0.39 is 14.8 Å². The first-order chi connectivity index (χ1) is 7.64. The van der Waals surface area contributed by atoms with Crippen molar-refractivity contribution in [2.24, 2.45) is 5.28 Å². The average molecular weight is 249 g/mol. The molecule has 8 nitrogen and oxygen atoms in total. The van der Waals surface area contributed by atoms with Gasteiger partial charge in [-0.1, -0.05) is 0 Å². The molecule has 0 amide bonds. The number of azide groups is 1. The molecule has 0 aliphatic heterocycles. The first kappa shape index (κ1) is 14.9. The van der Waals surface area contributed by atoms with Gasteiger partial charge in [0.2, 0.25) is 0 Å². The summed E-state index contributed by atoms with van der Waals surface area (Å²) < 4.78 is 15.5. The summed E-state index contributed by atoms with van der Waals surface area (Å²) >= 11 is 0. The molecule has 0 aromatic heterocycles. The molecule has 0 unspecified atom stereocenters. The Hall–Kier alpha value is -1.12. The molecule has 0 N–H and O–H groups in total. The minimum atomic E-state index is -2.63. The third kappa shape index (κ3) is 5.10. The Kier molecular flexibility index (Phi) is 7.51. The maximum Gasteiger partial charge on any atom is 0.500 e. The lowest BCUT2D eigenvalue weighted by atomic mass is 10.3. The summed E-state index contributed by atoms with van der Waals surface area (Å²) in [5.41, 5.74) is 7.91. The van der Waals surface area contributed by atoms with Crippen LogP contribution in [0.1, 0.15) is 12.8 Å². The van der Waals surface area contributed by atoms with Gasteiger partial charge in [-0.15, -0.1) is 0 Å². The van der Waals surface area contributed by atoms with Crippen molar-refractivity contribution in [3.8, 4) is 0 Å². The highest BCUT2D eigenvalue weighted by atomic mass is 28.4. The highest BCUT2D eigenvalue weighted by Crippen LogP contribution is 2.16. The summed E-state index contributed by atoms with van der Waals surface area (Å²) in [6.45, 7) is 0. The first-order valence-electron chi connectivity index (χ1n) is 4.54. The molecule has 0 rings (SSSR count). The van der Waals surface area contributed by atoms with E-state index in [1.165, 1.54) is 21.3 Å². The third-order valence-electron chi connectivity index (χ3n) is 1.98. The van der Waals surface area contributed by atoms with E-state index in [2.05, 4.69) is 15.0 Å². The number of hydrogen-bond acceptors (Lipinski definition) is 6. The zero-order valence-electron chi connectivity index (χ0n) is 9.50. The fourth-order valence-electron chi connectivity index (χ4n) is 1.11. The van der Waals surface area contributed by atoms with Crippen LogP contribution in [0.4, 0.5) is 0 Å². The summed E-state index contributed by atoms with van der Waals surface area (Å²) in [5, 5.41) is 2.70. The van der Waals surface area contributed by atoms with Crippen LogP contribution in [0, 0.1) is 0 Å². The first-order valence-corrected chi connectivity index (χ1v) is 6.47. The maximum absolute atomic E-state index is 11.0. The minimum absolute atomic E-state index is 0.115. The lowest BCUT2D eigenvalue weighted by Crippen LogP contribution is -2.42. The number of rotatable bonds is 8. The van der Waals surface area contributed by atoms with E-state index in [4.69, 9.17) is 18.8 Å². The van der Waals surface area contributed by atoms with Gasteiger partial charge in [0.1, 0.15) is 5.28 Å². The van der Waals surface area contributed by atoms with E-state index in [0.29, 0.717) is 12.5 Å². The average Bonchev–Trinajstić information content (AvgIpc) is 2.33. The lowest BCUT2D eigenvalue weighted by molar-refractivity contribution is -0.144. The second-order valence-corrected chi connectivity index (χ2v) is 5.87. The number of nitrogens with zero attached hydrogens (tertiary/aromatic N) is 3. The fraction of sp³-hybridized carbons (Fsp3) is 0.857. The fourth-order valence-corrected chi connectivity index (χ4v) is 2.84. The van der Waals surface area contributed by atoms with Crippen LogP contribution in [0.15, 0.2) is 5.28 Å². The molecule has 0 aliphatic rings. The molecular formula is C7H15N3O5Si. The van der Waals surface area contributed by atoms with Crippen molar-refractivity contribution in [3.63, 3.8) is 0 Å². The summed E-state index contributed by atoms with van der Waals surface area (Å²) in [6, 6.07) is 0.488. The van der Waals surface area contributed by atoms with Crippen molar-refractivity contribution in [2.45, 2.75) is 18.9 Å². The van der Waals surface area contributed by atoms with Gasteiger partial charge in [0.25, 0.3) is 0 Å². The minimum Gasteiger partial charge on any atom is -0.377 e. The lowest BCUT2D eigenvalue weighted by Gasteiger charge is -2.23. The van der Waals surface area contributed by atoms with E-state index in [1.54, 1.807) is 0 Å². The predicted octanol–water partition coefficient (Wildman–Crippen LogP) is 1.41. The van der Waals surface area contributed by atoms with Crippen LogP contribution in [0.3, 0.4) is 0 Å². The molecule has 0 radical (unpaired) electrons. The van der Waals surface area contributed by atoms with E-state index >= 15 is 0 Å². The van der Waals surface area contributed by atoms with Crippen LogP contribution in [-0.2, 0) is 22.9 Å². The van der Waals surface area contributed by atoms with E-state index in [1.807, 2.05) is 0 Å². The van der Waals surface area contributed by atoms with Gasteiger partial charge in [-0.25, -0.2) is 0 Å². The van der Waals surface area contributed by atoms with Crippen molar-refractivity contribution >= 4 is 14.8 Å². The molecule has 92 valence electrons. The predicted molar refractivity (Wildman–Crippen MR) is 56.1 cm³/mol.